The summed E-state index contributed by atoms with van der Waals surface area (Å²) in [5.74, 6) is 1.93. The van der Waals surface area contributed by atoms with Crippen LogP contribution in [0.4, 0.5) is 0 Å². The number of ketones is 1. The normalized spacial score (nSPS) is 23.6. The zero-order chi connectivity index (χ0) is 13.8. The Morgan fingerprint density at radius 2 is 1.89 bits per heavy atom. The summed E-state index contributed by atoms with van der Waals surface area (Å²) in [5, 5.41) is 0. The van der Waals surface area contributed by atoms with E-state index in [0.29, 0.717) is 11.7 Å². The highest BCUT2D eigenvalue weighted by atomic mass is 16.1. The number of hydrogen-bond donors (Lipinski definition) is 0. The van der Waals surface area contributed by atoms with E-state index < -0.39 is 0 Å². The lowest BCUT2D eigenvalue weighted by molar-refractivity contribution is 0.0862. The first-order valence-corrected chi connectivity index (χ1v) is 7.76. The predicted molar refractivity (Wildman–Crippen MR) is 80.6 cm³/mol. The molecule has 0 saturated heterocycles. The van der Waals surface area contributed by atoms with E-state index in [1.807, 2.05) is 12.1 Å². The second-order valence-corrected chi connectivity index (χ2v) is 6.28. The zero-order valence-corrected chi connectivity index (χ0v) is 12.5. The molecule has 1 saturated carbocycles. The highest BCUT2D eigenvalue weighted by Gasteiger charge is 2.26. The van der Waals surface area contributed by atoms with Crippen LogP contribution in [0.5, 0.6) is 0 Å². The molecule has 0 N–H and O–H groups in total. The lowest BCUT2D eigenvalue weighted by atomic mass is 9.77. The van der Waals surface area contributed by atoms with Gasteiger partial charge in [0.25, 0.3) is 0 Å². The molecule has 2 unspecified atom stereocenters. The average molecular weight is 258 g/mol. The minimum Gasteiger partial charge on any atom is -0.294 e. The van der Waals surface area contributed by atoms with Gasteiger partial charge >= 0.3 is 0 Å². The highest BCUT2D eigenvalue weighted by Crippen LogP contribution is 2.33. The minimum absolute atomic E-state index is 0.267. The van der Waals surface area contributed by atoms with Crippen LogP contribution >= 0.6 is 0 Å². The summed E-state index contributed by atoms with van der Waals surface area (Å²) in [6.07, 6.45) is 5.93. The van der Waals surface area contributed by atoms with E-state index in [4.69, 9.17) is 0 Å². The number of rotatable bonds is 4. The van der Waals surface area contributed by atoms with Crippen LogP contribution in [-0.2, 0) is 0 Å². The van der Waals surface area contributed by atoms with Gasteiger partial charge in [0.1, 0.15) is 0 Å². The first-order valence-electron chi connectivity index (χ1n) is 7.76. The molecule has 1 aromatic rings. The Balaban J connectivity index is 2.06. The molecule has 2 rings (SSSR count). The molecule has 0 aliphatic heterocycles. The maximum Gasteiger partial charge on any atom is 0.165 e. The van der Waals surface area contributed by atoms with Crippen LogP contribution in [0.15, 0.2) is 24.3 Å². The number of Topliss-reactive ketones (excluding diaryl/α,β-unsaturated/α-hetero) is 1. The van der Waals surface area contributed by atoms with Crippen molar-refractivity contribution in [2.24, 2.45) is 11.8 Å². The van der Waals surface area contributed by atoms with Crippen molar-refractivity contribution in [2.45, 2.75) is 58.8 Å². The summed E-state index contributed by atoms with van der Waals surface area (Å²) >= 11 is 0. The molecule has 1 aromatic carbocycles. The van der Waals surface area contributed by atoms with Gasteiger partial charge in [-0.2, -0.15) is 0 Å². The molecule has 1 nitrogen and oxygen atoms in total. The van der Waals surface area contributed by atoms with E-state index in [2.05, 4.69) is 32.9 Å². The predicted octanol–water partition coefficient (Wildman–Crippen LogP) is 5.21. The lowest BCUT2D eigenvalue weighted by Gasteiger charge is -2.27. The largest absolute Gasteiger partial charge is 0.294 e. The molecule has 1 heteroatoms. The Bertz CT molecular complexity index is 416. The van der Waals surface area contributed by atoms with Crippen LogP contribution in [0.3, 0.4) is 0 Å². The summed E-state index contributed by atoms with van der Waals surface area (Å²) in [5.41, 5.74) is 2.22. The van der Waals surface area contributed by atoms with E-state index in [-0.39, 0.29) is 5.92 Å². The first-order chi connectivity index (χ1) is 9.11. The molecule has 104 valence electrons. The number of carbonyl (C=O) groups excluding carboxylic acids is 1. The second kappa shape index (κ2) is 6.36. The van der Waals surface area contributed by atoms with Crippen LogP contribution in [0.2, 0.25) is 0 Å². The van der Waals surface area contributed by atoms with Crippen molar-refractivity contribution in [3.8, 4) is 0 Å². The SMILES string of the molecule is CCC1CCCC(C(=O)c2ccc(C(C)C)cc2)C1. The van der Waals surface area contributed by atoms with Gasteiger partial charge in [-0.15, -0.1) is 0 Å². The summed E-state index contributed by atoms with van der Waals surface area (Å²) < 4.78 is 0. The van der Waals surface area contributed by atoms with Gasteiger partial charge in [-0.3, -0.25) is 4.79 Å². The molecule has 2 atom stereocenters. The van der Waals surface area contributed by atoms with E-state index >= 15 is 0 Å². The van der Waals surface area contributed by atoms with Gasteiger partial charge in [-0.25, -0.2) is 0 Å². The van der Waals surface area contributed by atoms with Crippen LogP contribution in [-0.4, -0.2) is 5.78 Å². The molecule has 0 radical (unpaired) electrons. The van der Waals surface area contributed by atoms with Crippen LogP contribution < -0.4 is 0 Å². The van der Waals surface area contributed by atoms with Crippen molar-refractivity contribution in [3.05, 3.63) is 35.4 Å². The molecule has 1 fully saturated rings. The summed E-state index contributed by atoms with van der Waals surface area (Å²) in [7, 11) is 0. The zero-order valence-electron chi connectivity index (χ0n) is 12.5. The first kappa shape index (κ1) is 14.3. The summed E-state index contributed by atoms with van der Waals surface area (Å²) in [6.45, 7) is 6.61. The fraction of sp³-hybridized carbons (Fsp3) is 0.611. The third-order valence-corrected chi connectivity index (χ3v) is 4.59. The number of carbonyl (C=O) groups is 1. The van der Waals surface area contributed by atoms with Gasteiger partial charge < -0.3 is 0 Å². The van der Waals surface area contributed by atoms with E-state index in [9.17, 15) is 4.79 Å². The minimum atomic E-state index is 0.267. The van der Waals surface area contributed by atoms with Gasteiger partial charge in [0, 0.05) is 11.5 Å². The van der Waals surface area contributed by atoms with Crippen molar-refractivity contribution in [2.75, 3.05) is 0 Å². The molecule has 0 amide bonds. The van der Waals surface area contributed by atoms with Crippen molar-refractivity contribution < 1.29 is 4.79 Å². The Hall–Kier alpha value is -1.11. The quantitative estimate of drug-likeness (QED) is 0.678. The Morgan fingerprint density at radius 1 is 1.21 bits per heavy atom. The van der Waals surface area contributed by atoms with E-state index in [1.165, 1.54) is 24.8 Å². The third-order valence-electron chi connectivity index (χ3n) is 4.59. The second-order valence-electron chi connectivity index (χ2n) is 6.28. The smallest absolute Gasteiger partial charge is 0.165 e. The van der Waals surface area contributed by atoms with Crippen molar-refractivity contribution in [1.82, 2.24) is 0 Å². The van der Waals surface area contributed by atoms with Crippen molar-refractivity contribution in [3.63, 3.8) is 0 Å². The van der Waals surface area contributed by atoms with Gasteiger partial charge in [-0.1, -0.05) is 64.3 Å². The van der Waals surface area contributed by atoms with Crippen molar-refractivity contribution in [1.29, 1.82) is 0 Å². The monoisotopic (exact) mass is 258 g/mol. The molecule has 0 aromatic heterocycles. The van der Waals surface area contributed by atoms with Crippen LogP contribution in [0, 0.1) is 11.8 Å². The fourth-order valence-electron chi connectivity index (χ4n) is 3.17. The number of benzene rings is 1. The molecule has 0 heterocycles. The maximum absolute atomic E-state index is 12.5. The molecule has 0 spiro atoms. The van der Waals surface area contributed by atoms with Gasteiger partial charge in [-0.05, 0) is 30.2 Å². The van der Waals surface area contributed by atoms with Gasteiger partial charge in [0.2, 0.25) is 0 Å². The summed E-state index contributed by atoms with van der Waals surface area (Å²) in [4.78, 5) is 12.5. The molecule has 0 bridgehead atoms. The van der Waals surface area contributed by atoms with E-state index in [0.717, 1.165) is 24.3 Å². The Labute approximate surface area is 117 Å². The van der Waals surface area contributed by atoms with Crippen molar-refractivity contribution >= 4 is 5.78 Å². The van der Waals surface area contributed by atoms with Gasteiger partial charge in [0.15, 0.2) is 5.78 Å². The molecule has 19 heavy (non-hydrogen) atoms. The van der Waals surface area contributed by atoms with Gasteiger partial charge in [0.05, 0.1) is 0 Å². The fourth-order valence-corrected chi connectivity index (χ4v) is 3.17. The lowest BCUT2D eigenvalue weighted by Crippen LogP contribution is -2.22. The summed E-state index contributed by atoms with van der Waals surface area (Å²) in [6, 6.07) is 8.26. The third kappa shape index (κ3) is 3.46. The standard InChI is InChI=1S/C18H26O/c1-4-14-6-5-7-17(12-14)18(19)16-10-8-15(9-11-16)13(2)3/h8-11,13-14,17H,4-7,12H2,1-3H3. The van der Waals surface area contributed by atoms with Crippen LogP contribution in [0.25, 0.3) is 0 Å². The molecule has 1 aliphatic carbocycles. The molecular formula is C18H26O. The average Bonchev–Trinajstić information content (AvgIpc) is 2.46. The Morgan fingerprint density at radius 3 is 2.47 bits per heavy atom. The maximum atomic E-state index is 12.5. The number of hydrogen-bond acceptors (Lipinski definition) is 1. The van der Waals surface area contributed by atoms with Crippen LogP contribution in [0.1, 0.15) is 74.7 Å². The molecular weight excluding hydrogens is 232 g/mol. The molecule has 1 aliphatic rings. The van der Waals surface area contributed by atoms with E-state index in [1.54, 1.807) is 0 Å². The highest BCUT2D eigenvalue weighted by molar-refractivity contribution is 5.97. The topological polar surface area (TPSA) is 17.1 Å². The Kier molecular flexibility index (Phi) is 4.79.